The molecule has 0 amide bonds. The summed E-state index contributed by atoms with van der Waals surface area (Å²) in [4.78, 5) is 0. The van der Waals surface area contributed by atoms with Gasteiger partial charge in [0.2, 0.25) is 0 Å². The minimum Gasteiger partial charge on any atom is -0.388 e. The fourth-order valence-corrected chi connectivity index (χ4v) is 2.77. The first-order valence-corrected chi connectivity index (χ1v) is 6.63. The molecule has 0 saturated heterocycles. The Bertz CT molecular complexity index is 156. The number of quaternary nitrogens is 1. The lowest BCUT2D eigenvalue weighted by atomic mass is 10.2. The van der Waals surface area contributed by atoms with Crippen LogP contribution < -0.4 is 0 Å². The average Bonchev–Trinajstić information content (AvgIpc) is 2.16. The number of nitrogens with zero attached hydrogens (tertiary/aromatic N) is 1. The monoisotopic (exact) mass is 236 g/mol. The Balaban J connectivity index is 4.70. The summed E-state index contributed by atoms with van der Waals surface area (Å²) in [5.41, 5.74) is 0.138. The average molecular weight is 237 g/mol. The molecule has 0 aliphatic rings. The quantitative estimate of drug-likeness (QED) is 0.390. The highest BCUT2D eigenvalue weighted by molar-refractivity contribution is 6.19. The molecule has 2 atom stereocenters. The third kappa shape index (κ3) is 4.71. The van der Waals surface area contributed by atoms with Gasteiger partial charge in [0.1, 0.15) is 12.6 Å². The summed E-state index contributed by atoms with van der Waals surface area (Å²) in [6.07, 6.45) is 2.94. The van der Waals surface area contributed by atoms with Gasteiger partial charge in [-0.25, -0.2) is 0 Å². The molecule has 0 radical (unpaired) electrons. The van der Waals surface area contributed by atoms with E-state index < -0.39 is 0 Å². The third-order valence-electron chi connectivity index (χ3n) is 2.90. The van der Waals surface area contributed by atoms with Crippen LogP contribution in [0, 0.1) is 0 Å². The second-order valence-electron chi connectivity index (χ2n) is 4.54. The highest BCUT2D eigenvalue weighted by atomic mass is 35.5. The molecule has 2 nitrogen and oxygen atoms in total. The molecule has 0 fully saturated rings. The lowest BCUT2D eigenvalue weighted by molar-refractivity contribution is -0.942. The molecule has 1 N–H and O–H groups in total. The van der Waals surface area contributed by atoms with Gasteiger partial charge in [-0.2, -0.15) is 0 Å². The Kier molecular flexibility index (Phi) is 7.58. The first-order valence-electron chi connectivity index (χ1n) is 6.20. The maximum absolute atomic E-state index is 9.61. The zero-order valence-electron chi connectivity index (χ0n) is 10.7. The van der Waals surface area contributed by atoms with E-state index in [0.717, 1.165) is 43.4 Å². The summed E-state index contributed by atoms with van der Waals surface area (Å²) in [5, 5.41) is 9.61. The standard InChI is InChI=1S/C12H27ClNO/c1-5-8-14(9-6-2,10-11(4)15)12(13)7-3/h11-12,15H,5-10H2,1-4H3/q+1. The molecule has 0 spiro atoms. The minimum absolute atomic E-state index is 0.138. The van der Waals surface area contributed by atoms with E-state index in [2.05, 4.69) is 20.8 Å². The number of hydrogen-bond acceptors (Lipinski definition) is 1. The molecule has 0 aromatic heterocycles. The van der Waals surface area contributed by atoms with Gasteiger partial charge in [0, 0.05) is 6.42 Å². The van der Waals surface area contributed by atoms with Crippen molar-refractivity contribution in [3.8, 4) is 0 Å². The van der Waals surface area contributed by atoms with E-state index in [0.29, 0.717) is 0 Å². The molecule has 0 heterocycles. The maximum atomic E-state index is 9.61. The first-order chi connectivity index (χ1) is 7.02. The number of rotatable bonds is 8. The van der Waals surface area contributed by atoms with Gasteiger partial charge in [-0.15, -0.1) is 0 Å². The normalized spacial score (nSPS) is 16.4. The van der Waals surface area contributed by atoms with E-state index in [1.54, 1.807) is 0 Å². The van der Waals surface area contributed by atoms with Crippen LogP contribution >= 0.6 is 11.6 Å². The molecule has 92 valence electrons. The summed E-state index contributed by atoms with van der Waals surface area (Å²) in [7, 11) is 0. The van der Waals surface area contributed by atoms with Crippen molar-refractivity contribution in [3.05, 3.63) is 0 Å². The lowest BCUT2D eigenvalue weighted by Crippen LogP contribution is -2.57. The van der Waals surface area contributed by atoms with Crippen molar-refractivity contribution in [2.75, 3.05) is 19.6 Å². The summed E-state index contributed by atoms with van der Waals surface area (Å²) < 4.78 is 0.864. The van der Waals surface area contributed by atoms with Gasteiger partial charge in [-0.3, -0.25) is 0 Å². The number of alkyl halides is 1. The molecule has 0 aliphatic carbocycles. The van der Waals surface area contributed by atoms with Gasteiger partial charge in [0.05, 0.1) is 13.1 Å². The first kappa shape index (κ1) is 15.2. The molecular formula is C12H27ClNO+. The van der Waals surface area contributed by atoms with Gasteiger partial charge in [0.15, 0.2) is 5.50 Å². The van der Waals surface area contributed by atoms with Crippen molar-refractivity contribution in [2.45, 2.75) is 58.6 Å². The van der Waals surface area contributed by atoms with Gasteiger partial charge in [-0.1, -0.05) is 32.4 Å². The third-order valence-corrected chi connectivity index (χ3v) is 3.62. The van der Waals surface area contributed by atoms with Crippen molar-refractivity contribution in [1.82, 2.24) is 0 Å². The van der Waals surface area contributed by atoms with Crippen LogP contribution in [0.5, 0.6) is 0 Å². The molecule has 0 aromatic rings. The molecule has 0 saturated carbocycles. The topological polar surface area (TPSA) is 20.2 Å². The molecule has 2 unspecified atom stereocenters. The molecule has 0 aromatic carbocycles. The molecule has 0 rings (SSSR count). The Morgan fingerprint density at radius 3 is 1.87 bits per heavy atom. The molecule has 15 heavy (non-hydrogen) atoms. The van der Waals surface area contributed by atoms with Gasteiger partial charge >= 0.3 is 0 Å². The summed E-state index contributed by atoms with van der Waals surface area (Å²) in [6, 6.07) is 0. The van der Waals surface area contributed by atoms with E-state index in [4.69, 9.17) is 11.6 Å². The smallest absolute Gasteiger partial charge is 0.164 e. The molecular weight excluding hydrogens is 210 g/mol. The Morgan fingerprint density at radius 1 is 1.13 bits per heavy atom. The number of aliphatic hydroxyl groups excluding tert-OH is 1. The fraction of sp³-hybridized carbons (Fsp3) is 1.00. The van der Waals surface area contributed by atoms with Crippen LogP contribution in [0.2, 0.25) is 0 Å². The van der Waals surface area contributed by atoms with Crippen LogP contribution in [-0.2, 0) is 0 Å². The minimum atomic E-state index is -0.268. The molecule has 0 aliphatic heterocycles. The van der Waals surface area contributed by atoms with Crippen molar-refractivity contribution in [2.24, 2.45) is 0 Å². The number of halogens is 1. The van der Waals surface area contributed by atoms with Gasteiger partial charge < -0.3 is 9.59 Å². The SMILES string of the molecule is CCC[N+](CCC)(CC(C)O)C(Cl)CC. The highest BCUT2D eigenvalue weighted by Gasteiger charge is 2.34. The Hall–Kier alpha value is 0.210. The summed E-state index contributed by atoms with van der Waals surface area (Å²) in [6.45, 7) is 11.3. The van der Waals surface area contributed by atoms with Crippen molar-refractivity contribution >= 4 is 11.6 Å². The predicted octanol–water partition coefficient (Wildman–Crippen LogP) is 2.98. The van der Waals surface area contributed by atoms with Crippen LogP contribution in [-0.4, -0.2) is 40.8 Å². The Morgan fingerprint density at radius 2 is 1.60 bits per heavy atom. The fourth-order valence-electron chi connectivity index (χ4n) is 2.49. The van der Waals surface area contributed by atoms with Gasteiger partial charge in [-0.05, 0) is 19.8 Å². The van der Waals surface area contributed by atoms with Crippen LogP contribution in [0.4, 0.5) is 0 Å². The predicted molar refractivity (Wildman–Crippen MR) is 67.1 cm³/mol. The van der Waals surface area contributed by atoms with Crippen LogP contribution in [0.3, 0.4) is 0 Å². The van der Waals surface area contributed by atoms with Crippen LogP contribution in [0.1, 0.15) is 47.0 Å². The molecule has 0 bridgehead atoms. The maximum Gasteiger partial charge on any atom is 0.164 e. The van der Waals surface area contributed by atoms with E-state index in [-0.39, 0.29) is 11.6 Å². The second kappa shape index (κ2) is 7.48. The number of hydrogen-bond donors (Lipinski definition) is 1. The largest absolute Gasteiger partial charge is 0.388 e. The van der Waals surface area contributed by atoms with E-state index in [1.165, 1.54) is 0 Å². The van der Waals surface area contributed by atoms with Crippen LogP contribution in [0.25, 0.3) is 0 Å². The van der Waals surface area contributed by atoms with E-state index in [9.17, 15) is 5.11 Å². The van der Waals surface area contributed by atoms with Crippen molar-refractivity contribution in [3.63, 3.8) is 0 Å². The summed E-state index contributed by atoms with van der Waals surface area (Å²) >= 11 is 6.45. The number of aliphatic hydroxyl groups is 1. The zero-order chi connectivity index (χ0) is 11.9. The molecule has 3 heteroatoms. The van der Waals surface area contributed by atoms with Gasteiger partial charge in [0.25, 0.3) is 0 Å². The summed E-state index contributed by atoms with van der Waals surface area (Å²) in [5.74, 6) is 0. The van der Waals surface area contributed by atoms with Crippen molar-refractivity contribution < 1.29 is 9.59 Å². The van der Waals surface area contributed by atoms with E-state index >= 15 is 0 Å². The van der Waals surface area contributed by atoms with E-state index in [1.807, 2.05) is 6.92 Å². The zero-order valence-corrected chi connectivity index (χ0v) is 11.4. The van der Waals surface area contributed by atoms with Crippen molar-refractivity contribution in [1.29, 1.82) is 0 Å². The Labute approximate surface area is 99.8 Å². The van der Waals surface area contributed by atoms with Crippen LogP contribution in [0.15, 0.2) is 0 Å². The lowest BCUT2D eigenvalue weighted by Gasteiger charge is -2.42. The second-order valence-corrected chi connectivity index (χ2v) is 5.04. The highest BCUT2D eigenvalue weighted by Crippen LogP contribution is 2.23.